The number of nitrogens with zero attached hydrogens (tertiary/aromatic N) is 2. The van der Waals surface area contributed by atoms with Crippen LogP contribution >= 0.6 is 0 Å². The van der Waals surface area contributed by atoms with E-state index in [1.54, 1.807) is 45.3 Å². The molecule has 2 N–H and O–H groups in total. The molecule has 2 aromatic heterocycles. The third-order valence-electron chi connectivity index (χ3n) is 4.35. The summed E-state index contributed by atoms with van der Waals surface area (Å²) in [5, 5.41) is 2.83. The SMILES string of the molecule is CCOC(=O)c1[nH]c(C)c(C(=O)CN(Cc2ccncc2)C(=O)NC(C)C)c1C. The van der Waals surface area contributed by atoms with Gasteiger partial charge in [-0.1, -0.05) is 0 Å². The molecule has 0 saturated heterocycles. The van der Waals surface area contributed by atoms with Gasteiger partial charge in [0.05, 0.1) is 13.2 Å². The minimum absolute atomic E-state index is 0.0660. The van der Waals surface area contributed by atoms with Crippen LogP contribution in [0.2, 0.25) is 0 Å². The number of amides is 2. The molecule has 2 rings (SSSR count). The van der Waals surface area contributed by atoms with Crippen LogP contribution < -0.4 is 5.32 Å². The van der Waals surface area contributed by atoms with Gasteiger partial charge in [0.25, 0.3) is 0 Å². The lowest BCUT2D eigenvalue weighted by Crippen LogP contribution is -2.44. The van der Waals surface area contributed by atoms with Gasteiger partial charge in [-0.15, -0.1) is 0 Å². The molecule has 2 heterocycles. The Kier molecular flexibility index (Phi) is 7.52. The average Bonchev–Trinajstić information content (AvgIpc) is 2.96. The molecule has 8 heteroatoms. The van der Waals surface area contributed by atoms with Crippen LogP contribution in [-0.2, 0) is 11.3 Å². The highest BCUT2D eigenvalue weighted by molar-refractivity contribution is 6.04. The van der Waals surface area contributed by atoms with Crippen molar-refractivity contribution < 1.29 is 19.1 Å². The number of esters is 1. The standard InChI is InChI=1S/C21H28N4O4/c1-6-29-20(27)19-14(4)18(15(5)24-19)17(26)12-25(21(28)23-13(2)3)11-16-7-9-22-10-8-16/h7-10,13,24H,6,11-12H2,1-5H3,(H,23,28). The van der Waals surface area contributed by atoms with Gasteiger partial charge in [-0.05, 0) is 57.9 Å². The summed E-state index contributed by atoms with van der Waals surface area (Å²) in [4.78, 5) is 46.2. The van der Waals surface area contributed by atoms with Crippen molar-refractivity contribution in [1.82, 2.24) is 20.2 Å². The quantitative estimate of drug-likeness (QED) is 0.524. The number of rotatable bonds is 8. The fourth-order valence-corrected chi connectivity index (χ4v) is 3.07. The first-order valence-electron chi connectivity index (χ1n) is 9.58. The zero-order valence-corrected chi connectivity index (χ0v) is 17.5. The maximum Gasteiger partial charge on any atom is 0.355 e. The third kappa shape index (κ3) is 5.66. The monoisotopic (exact) mass is 400 g/mol. The number of aryl methyl sites for hydroxylation is 1. The Hall–Kier alpha value is -3.16. The summed E-state index contributed by atoms with van der Waals surface area (Å²) in [6, 6.07) is 3.20. The normalized spacial score (nSPS) is 10.7. The fourth-order valence-electron chi connectivity index (χ4n) is 3.07. The lowest BCUT2D eigenvalue weighted by Gasteiger charge is -2.24. The fraction of sp³-hybridized carbons (Fsp3) is 0.429. The van der Waals surface area contributed by atoms with E-state index in [-0.39, 0.29) is 43.2 Å². The molecule has 0 spiro atoms. The lowest BCUT2D eigenvalue weighted by molar-refractivity contribution is 0.0519. The summed E-state index contributed by atoms with van der Waals surface area (Å²) >= 11 is 0. The number of carbonyl (C=O) groups is 3. The van der Waals surface area contributed by atoms with Crippen molar-refractivity contribution in [1.29, 1.82) is 0 Å². The van der Waals surface area contributed by atoms with Crippen molar-refractivity contribution in [3.8, 4) is 0 Å². The van der Waals surface area contributed by atoms with Gasteiger partial charge >= 0.3 is 12.0 Å². The van der Waals surface area contributed by atoms with Crippen LogP contribution in [0.4, 0.5) is 4.79 Å². The van der Waals surface area contributed by atoms with Crippen LogP contribution in [0.3, 0.4) is 0 Å². The van der Waals surface area contributed by atoms with Crippen molar-refractivity contribution in [3.63, 3.8) is 0 Å². The van der Waals surface area contributed by atoms with Gasteiger partial charge in [0.1, 0.15) is 5.69 Å². The van der Waals surface area contributed by atoms with Crippen molar-refractivity contribution in [2.75, 3.05) is 13.2 Å². The molecule has 0 fully saturated rings. The molecular formula is C21H28N4O4. The summed E-state index contributed by atoms with van der Waals surface area (Å²) < 4.78 is 5.04. The largest absolute Gasteiger partial charge is 0.461 e. The highest BCUT2D eigenvalue weighted by Gasteiger charge is 2.26. The number of pyridine rings is 1. The first-order valence-corrected chi connectivity index (χ1v) is 9.58. The highest BCUT2D eigenvalue weighted by atomic mass is 16.5. The summed E-state index contributed by atoms with van der Waals surface area (Å²) in [6.45, 7) is 9.25. The first kappa shape index (κ1) is 22.1. The Morgan fingerprint density at radius 1 is 1.21 bits per heavy atom. The van der Waals surface area contributed by atoms with Gasteiger partial charge in [0.2, 0.25) is 0 Å². The van der Waals surface area contributed by atoms with E-state index in [0.29, 0.717) is 16.8 Å². The molecule has 0 aliphatic carbocycles. The van der Waals surface area contributed by atoms with Crippen LogP contribution in [0.15, 0.2) is 24.5 Å². The van der Waals surface area contributed by atoms with Gasteiger partial charge in [0, 0.05) is 36.2 Å². The van der Waals surface area contributed by atoms with Crippen LogP contribution in [0, 0.1) is 13.8 Å². The molecule has 0 aromatic carbocycles. The van der Waals surface area contributed by atoms with Crippen molar-refractivity contribution in [2.45, 2.75) is 47.2 Å². The molecule has 0 aliphatic heterocycles. The number of hydrogen-bond acceptors (Lipinski definition) is 5. The van der Waals surface area contributed by atoms with E-state index in [2.05, 4.69) is 15.3 Å². The summed E-state index contributed by atoms with van der Waals surface area (Å²) in [7, 11) is 0. The smallest absolute Gasteiger partial charge is 0.355 e. The van der Waals surface area contributed by atoms with Gasteiger partial charge in [-0.3, -0.25) is 9.78 Å². The van der Waals surface area contributed by atoms with Gasteiger partial charge in [0.15, 0.2) is 5.78 Å². The number of ether oxygens (including phenoxy) is 1. The first-order chi connectivity index (χ1) is 13.7. The number of aromatic amines is 1. The van der Waals surface area contributed by atoms with E-state index >= 15 is 0 Å². The van der Waals surface area contributed by atoms with Crippen LogP contribution in [-0.4, -0.2) is 51.8 Å². The molecule has 156 valence electrons. The van der Waals surface area contributed by atoms with Crippen LogP contribution in [0.5, 0.6) is 0 Å². The van der Waals surface area contributed by atoms with Crippen molar-refractivity contribution in [3.05, 3.63) is 52.6 Å². The van der Waals surface area contributed by atoms with E-state index in [0.717, 1.165) is 5.56 Å². The predicted molar refractivity (Wildman–Crippen MR) is 109 cm³/mol. The molecule has 0 unspecified atom stereocenters. The number of Topliss-reactive ketones (excluding diaryl/α,β-unsaturated/α-hetero) is 1. The lowest BCUT2D eigenvalue weighted by atomic mass is 10.0. The topological polar surface area (TPSA) is 104 Å². The van der Waals surface area contributed by atoms with E-state index in [1.165, 1.54) is 4.90 Å². The minimum Gasteiger partial charge on any atom is -0.461 e. The number of urea groups is 1. The molecule has 2 aromatic rings. The van der Waals surface area contributed by atoms with E-state index < -0.39 is 5.97 Å². The maximum atomic E-state index is 13.1. The number of aromatic nitrogens is 2. The second kappa shape index (κ2) is 9.86. The number of carbonyl (C=O) groups excluding carboxylic acids is 3. The molecular weight excluding hydrogens is 372 g/mol. The molecule has 0 saturated carbocycles. The zero-order chi connectivity index (χ0) is 21.6. The van der Waals surface area contributed by atoms with Crippen LogP contribution in [0.25, 0.3) is 0 Å². The maximum absolute atomic E-state index is 13.1. The average molecular weight is 400 g/mol. The number of ketones is 1. The molecule has 29 heavy (non-hydrogen) atoms. The molecule has 0 aliphatic rings. The highest BCUT2D eigenvalue weighted by Crippen LogP contribution is 2.20. The van der Waals surface area contributed by atoms with Gasteiger partial charge in [-0.2, -0.15) is 0 Å². The Labute approximate surface area is 170 Å². The number of H-pyrrole nitrogens is 1. The second-order valence-corrected chi connectivity index (χ2v) is 7.08. The summed E-state index contributed by atoms with van der Waals surface area (Å²) in [5.41, 5.74) is 2.63. The van der Waals surface area contributed by atoms with E-state index in [1.807, 2.05) is 13.8 Å². The Bertz CT molecular complexity index is 874. The third-order valence-corrected chi connectivity index (χ3v) is 4.35. The molecule has 2 amide bonds. The van der Waals surface area contributed by atoms with Crippen molar-refractivity contribution in [2.24, 2.45) is 0 Å². The van der Waals surface area contributed by atoms with E-state index in [4.69, 9.17) is 4.74 Å². The zero-order valence-electron chi connectivity index (χ0n) is 17.5. The Morgan fingerprint density at radius 2 is 1.86 bits per heavy atom. The van der Waals surface area contributed by atoms with Crippen LogP contribution in [0.1, 0.15) is 58.4 Å². The number of nitrogens with one attached hydrogen (secondary N) is 2. The molecule has 0 radical (unpaired) electrons. The Morgan fingerprint density at radius 3 is 2.45 bits per heavy atom. The molecule has 0 bridgehead atoms. The molecule has 0 atom stereocenters. The summed E-state index contributed by atoms with van der Waals surface area (Å²) in [6.07, 6.45) is 3.28. The van der Waals surface area contributed by atoms with Gasteiger partial charge < -0.3 is 19.9 Å². The predicted octanol–water partition coefficient (Wildman–Crippen LogP) is 3.01. The minimum atomic E-state index is -0.502. The second-order valence-electron chi connectivity index (χ2n) is 7.08. The van der Waals surface area contributed by atoms with Crippen molar-refractivity contribution >= 4 is 17.8 Å². The Balaban J connectivity index is 2.27. The summed E-state index contributed by atoms with van der Waals surface area (Å²) in [5.74, 6) is -0.752. The molecule has 8 nitrogen and oxygen atoms in total. The number of hydrogen-bond donors (Lipinski definition) is 2. The van der Waals surface area contributed by atoms with E-state index in [9.17, 15) is 14.4 Å². The van der Waals surface area contributed by atoms with Gasteiger partial charge in [-0.25, -0.2) is 9.59 Å².